The summed E-state index contributed by atoms with van der Waals surface area (Å²) < 4.78 is 2.09. The minimum Gasteiger partial charge on any atom is -0.357 e. The second kappa shape index (κ2) is 9.14. The Morgan fingerprint density at radius 1 is 1.28 bits per heavy atom. The smallest absolute Gasteiger partial charge is 0.192 e. The van der Waals surface area contributed by atoms with Crippen molar-refractivity contribution in [3.8, 4) is 0 Å². The van der Waals surface area contributed by atoms with Crippen LogP contribution in [0.1, 0.15) is 22.6 Å². The van der Waals surface area contributed by atoms with Crippen LogP contribution in [0.4, 0.5) is 0 Å². The Labute approximate surface area is 168 Å². The third-order valence-corrected chi connectivity index (χ3v) is 4.59. The zero-order chi connectivity index (χ0) is 16.9. The highest BCUT2D eigenvalue weighted by atomic mass is 127. The number of hydrogen-bond acceptors (Lipinski definition) is 4. The van der Waals surface area contributed by atoms with Crippen LogP contribution in [0.15, 0.2) is 35.5 Å². The first kappa shape index (κ1) is 19.6. The highest BCUT2D eigenvalue weighted by Gasteiger charge is 2.07. The molecule has 0 spiro atoms. The zero-order valence-corrected chi connectivity index (χ0v) is 17.8. The molecule has 0 atom stereocenters. The summed E-state index contributed by atoms with van der Waals surface area (Å²) in [4.78, 5) is 14.9. The molecule has 0 aliphatic carbocycles. The summed E-state index contributed by atoms with van der Waals surface area (Å²) in [5, 5.41) is 7.64. The van der Waals surface area contributed by atoms with Gasteiger partial charge in [-0.1, -0.05) is 12.1 Å². The number of aliphatic imine (C=N–C) groups is 1. The molecular formula is C17H23IN6S. The fourth-order valence-electron chi connectivity index (χ4n) is 2.47. The Balaban J connectivity index is 0.00000225. The molecule has 0 unspecified atom stereocenters. The number of nitrogens with one attached hydrogen (secondary N) is 2. The maximum Gasteiger partial charge on any atom is 0.192 e. The Morgan fingerprint density at radius 3 is 2.76 bits per heavy atom. The van der Waals surface area contributed by atoms with Gasteiger partial charge in [0.1, 0.15) is 17.4 Å². The number of guanidine groups is 1. The molecule has 0 aliphatic heterocycles. The molecule has 0 radical (unpaired) electrons. The van der Waals surface area contributed by atoms with Gasteiger partial charge in [0.25, 0.3) is 0 Å². The first-order valence-corrected chi connectivity index (χ1v) is 8.83. The first-order chi connectivity index (χ1) is 11.7. The molecule has 1 aromatic carbocycles. The van der Waals surface area contributed by atoms with Gasteiger partial charge in [-0.15, -0.1) is 35.3 Å². The highest BCUT2D eigenvalue weighted by Crippen LogP contribution is 2.14. The van der Waals surface area contributed by atoms with Crippen LogP contribution >= 0.6 is 35.3 Å². The van der Waals surface area contributed by atoms with Gasteiger partial charge in [0, 0.05) is 24.7 Å². The third-order valence-electron chi connectivity index (χ3n) is 3.68. The minimum absolute atomic E-state index is 0. The number of fused-ring (bicyclic) bond motifs is 1. The highest BCUT2D eigenvalue weighted by molar-refractivity contribution is 14.0. The van der Waals surface area contributed by atoms with Crippen LogP contribution in [0.25, 0.3) is 11.0 Å². The molecular weight excluding hydrogens is 447 g/mol. The van der Waals surface area contributed by atoms with E-state index in [9.17, 15) is 0 Å². The van der Waals surface area contributed by atoms with E-state index in [2.05, 4.69) is 50.1 Å². The summed E-state index contributed by atoms with van der Waals surface area (Å²) in [7, 11) is 2.03. The van der Waals surface area contributed by atoms with E-state index in [0.29, 0.717) is 13.1 Å². The first-order valence-electron chi connectivity index (χ1n) is 8.01. The van der Waals surface area contributed by atoms with Crippen molar-refractivity contribution in [2.24, 2.45) is 12.0 Å². The summed E-state index contributed by atoms with van der Waals surface area (Å²) in [6.45, 7) is 6.13. The number of aryl methyl sites for hydroxylation is 2. The van der Waals surface area contributed by atoms with E-state index in [1.165, 1.54) is 4.88 Å². The predicted octanol–water partition coefficient (Wildman–Crippen LogP) is 3.21. The minimum atomic E-state index is 0. The van der Waals surface area contributed by atoms with Gasteiger partial charge in [-0.2, -0.15) is 0 Å². The maximum atomic E-state index is 4.66. The Bertz CT molecular complexity index is 854. The van der Waals surface area contributed by atoms with Gasteiger partial charge in [-0.05, 0) is 26.0 Å². The number of para-hydroxylation sites is 2. The van der Waals surface area contributed by atoms with Crippen molar-refractivity contribution in [1.82, 2.24) is 25.2 Å². The molecule has 2 heterocycles. The lowest BCUT2D eigenvalue weighted by molar-refractivity contribution is 0.776. The van der Waals surface area contributed by atoms with E-state index in [1.807, 2.05) is 31.4 Å². The quantitative estimate of drug-likeness (QED) is 0.342. The van der Waals surface area contributed by atoms with E-state index in [0.717, 1.165) is 34.4 Å². The third kappa shape index (κ3) is 4.91. The monoisotopic (exact) mass is 470 g/mol. The summed E-state index contributed by atoms with van der Waals surface area (Å²) in [6.07, 6.45) is 1.89. The standard InChI is InChI=1S/C17H22N6S.HI/c1-4-18-17(21-11-16-19-9-12(2)24-16)20-10-15-22-13-7-5-6-8-14(13)23(15)3;/h5-9H,4,10-11H2,1-3H3,(H2,18,20,21);1H. The Morgan fingerprint density at radius 2 is 2.08 bits per heavy atom. The molecule has 2 N–H and O–H groups in total. The van der Waals surface area contributed by atoms with Crippen LogP contribution in [-0.4, -0.2) is 27.0 Å². The summed E-state index contributed by atoms with van der Waals surface area (Å²) in [5.41, 5.74) is 2.13. The molecule has 8 heteroatoms. The second-order valence-electron chi connectivity index (χ2n) is 5.49. The normalized spacial score (nSPS) is 11.4. The van der Waals surface area contributed by atoms with E-state index in [1.54, 1.807) is 11.3 Å². The summed E-state index contributed by atoms with van der Waals surface area (Å²) in [6, 6.07) is 8.13. The van der Waals surface area contributed by atoms with Gasteiger partial charge in [0.2, 0.25) is 0 Å². The van der Waals surface area contributed by atoms with Crippen LogP contribution in [-0.2, 0) is 20.1 Å². The lowest BCUT2D eigenvalue weighted by atomic mass is 10.3. The molecule has 0 aliphatic rings. The summed E-state index contributed by atoms with van der Waals surface area (Å²) in [5.74, 6) is 1.72. The van der Waals surface area contributed by atoms with Crippen molar-refractivity contribution in [2.75, 3.05) is 6.54 Å². The molecule has 3 rings (SSSR count). The van der Waals surface area contributed by atoms with Crippen molar-refractivity contribution in [3.05, 3.63) is 46.2 Å². The van der Waals surface area contributed by atoms with Crippen molar-refractivity contribution >= 4 is 52.3 Å². The number of hydrogen-bond donors (Lipinski definition) is 2. The SMILES string of the molecule is CCNC(=NCc1nc2ccccc2n1C)NCc1ncc(C)s1.I. The molecule has 0 amide bonds. The van der Waals surface area contributed by atoms with Gasteiger partial charge >= 0.3 is 0 Å². The fourth-order valence-corrected chi connectivity index (χ4v) is 3.20. The number of nitrogens with zero attached hydrogens (tertiary/aromatic N) is 4. The molecule has 134 valence electrons. The van der Waals surface area contributed by atoms with E-state index in [-0.39, 0.29) is 24.0 Å². The van der Waals surface area contributed by atoms with Crippen LogP contribution in [0.2, 0.25) is 0 Å². The van der Waals surface area contributed by atoms with Crippen molar-refractivity contribution in [2.45, 2.75) is 26.9 Å². The van der Waals surface area contributed by atoms with Crippen molar-refractivity contribution in [1.29, 1.82) is 0 Å². The number of thiazole rings is 1. The zero-order valence-electron chi connectivity index (χ0n) is 14.6. The molecule has 25 heavy (non-hydrogen) atoms. The Hall–Kier alpha value is -1.68. The lowest BCUT2D eigenvalue weighted by Gasteiger charge is -2.10. The van der Waals surface area contributed by atoms with Crippen molar-refractivity contribution in [3.63, 3.8) is 0 Å². The molecule has 3 aromatic rings. The number of aromatic nitrogens is 3. The topological polar surface area (TPSA) is 67.1 Å². The van der Waals surface area contributed by atoms with Gasteiger partial charge in [0.05, 0.1) is 17.6 Å². The number of imidazole rings is 1. The van der Waals surface area contributed by atoms with Gasteiger partial charge < -0.3 is 15.2 Å². The molecule has 0 bridgehead atoms. The molecule has 2 aromatic heterocycles. The van der Waals surface area contributed by atoms with Crippen LogP contribution in [0.3, 0.4) is 0 Å². The van der Waals surface area contributed by atoms with Crippen LogP contribution in [0.5, 0.6) is 0 Å². The van der Waals surface area contributed by atoms with E-state index >= 15 is 0 Å². The molecule has 6 nitrogen and oxygen atoms in total. The van der Waals surface area contributed by atoms with Gasteiger partial charge in [-0.25, -0.2) is 15.0 Å². The lowest BCUT2D eigenvalue weighted by Crippen LogP contribution is -2.36. The number of benzene rings is 1. The van der Waals surface area contributed by atoms with Crippen molar-refractivity contribution < 1.29 is 0 Å². The number of halogens is 1. The Kier molecular flexibility index (Phi) is 7.18. The molecule has 0 saturated heterocycles. The van der Waals surface area contributed by atoms with Gasteiger partial charge in [-0.3, -0.25) is 0 Å². The average Bonchev–Trinajstić information content (AvgIpc) is 3.14. The average molecular weight is 470 g/mol. The molecule has 0 saturated carbocycles. The second-order valence-corrected chi connectivity index (χ2v) is 6.81. The number of rotatable bonds is 5. The van der Waals surface area contributed by atoms with E-state index in [4.69, 9.17) is 0 Å². The van der Waals surface area contributed by atoms with Gasteiger partial charge in [0.15, 0.2) is 5.96 Å². The fraction of sp³-hybridized carbons (Fsp3) is 0.353. The van der Waals surface area contributed by atoms with E-state index < -0.39 is 0 Å². The van der Waals surface area contributed by atoms with Crippen LogP contribution in [0, 0.1) is 6.92 Å². The van der Waals surface area contributed by atoms with Crippen LogP contribution < -0.4 is 10.6 Å². The molecule has 0 fully saturated rings. The summed E-state index contributed by atoms with van der Waals surface area (Å²) >= 11 is 1.69. The maximum absolute atomic E-state index is 4.66. The largest absolute Gasteiger partial charge is 0.357 e. The predicted molar refractivity (Wildman–Crippen MR) is 115 cm³/mol.